The number of esters is 1. The molecule has 0 atom stereocenters. The Morgan fingerprint density at radius 3 is 2.67 bits per heavy atom. The monoisotopic (exact) mass is 400 g/mol. The smallest absolute Gasteiger partial charge is 0.339 e. The summed E-state index contributed by atoms with van der Waals surface area (Å²) in [5, 5.41) is 1.77. The number of benzene rings is 2. The fourth-order valence-corrected chi connectivity index (χ4v) is 3.94. The van der Waals surface area contributed by atoms with Crippen LogP contribution >= 0.6 is 23.2 Å². The highest BCUT2D eigenvalue weighted by Gasteiger charge is 2.25. The number of fused-ring (bicyclic) bond motifs is 2. The number of carbonyl (C=O) groups is 1. The van der Waals surface area contributed by atoms with Crippen molar-refractivity contribution in [3.8, 4) is 0 Å². The van der Waals surface area contributed by atoms with Crippen LogP contribution in [-0.4, -0.2) is 29.4 Å². The number of nitrogens with zero attached hydrogens (tertiary/aromatic N) is 2. The van der Waals surface area contributed by atoms with E-state index >= 15 is 0 Å². The van der Waals surface area contributed by atoms with Gasteiger partial charge in [0.2, 0.25) is 0 Å². The number of hydrogen-bond acceptors (Lipinski definition) is 4. The van der Waals surface area contributed by atoms with E-state index in [-0.39, 0.29) is 12.6 Å². The molecule has 6 heteroatoms. The Morgan fingerprint density at radius 2 is 1.89 bits per heavy atom. The van der Waals surface area contributed by atoms with E-state index < -0.39 is 0 Å². The molecule has 0 aliphatic carbocycles. The van der Waals surface area contributed by atoms with Gasteiger partial charge in [0.05, 0.1) is 11.1 Å². The molecule has 1 aliphatic rings. The van der Waals surface area contributed by atoms with Gasteiger partial charge in [-0.1, -0.05) is 47.5 Å². The average Bonchev–Trinajstić information content (AvgIpc) is 2.65. The molecule has 27 heavy (non-hydrogen) atoms. The lowest BCUT2D eigenvalue weighted by molar-refractivity contribution is 0.0472. The zero-order valence-corrected chi connectivity index (χ0v) is 16.3. The Bertz CT molecular complexity index is 1020. The van der Waals surface area contributed by atoms with Gasteiger partial charge >= 0.3 is 5.97 Å². The van der Waals surface area contributed by atoms with Crippen LogP contribution < -0.4 is 0 Å². The summed E-state index contributed by atoms with van der Waals surface area (Å²) in [6.45, 7) is 1.62. The Hall–Kier alpha value is -2.14. The van der Waals surface area contributed by atoms with Crippen molar-refractivity contribution in [3.63, 3.8) is 0 Å². The highest BCUT2D eigenvalue weighted by atomic mass is 35.5. The molecule has 4 nitrogen and oxygen atoms in total. The summed E-state index contributed by atoms with van der Waals surface area (Å²) in [5.74, 6) is -0.379. The summed E-state index contributed by atoms with van der Waals surface area (Å²) in [7, 11) is 2.04. The van der Waals surface area contributed by atoms with Crippen molar-refractivity contribution in [3.05, 3.63) is 74.9 Å². The van der Waals surface area contributed by atoms with Crippen LogP contribution in [0.1, 0.15) is 27.2 Å². The molecule has 0 bridgehead atoms. The van der Waals surface area contributed by atoms with Crippen LogP contribution in [0, 0.1) is 0 Å². The highest BCUT2D eigenvalue weighted by molar-refractivity contribution is 6.36. The predicted octanol–water partition coefficient (Wildman–Crippen LogP) is 4.89. The van der Waals surface area contributed by atoms with Crippen LogP contribution in [0.2, 0.25) is 10.0 Å². The van der Waals surface area contributed by atoms with Gasteiger partial charge in [0, 0.05) is 51.8 Å². The SMILES string of the molecule is CN1CCc2nc3ccccc3c(C(=O)OCc3c(Cl)cccc3Cl)c2C1. The van der Waals surface area contributed by atoms with Crippen LogP contribution in [-0.2, 0) is 24.3 Å². The molecule has 1 aromatic heterocycles. The Balaban J connectivity index is 1.74. The first-order chi connectivity index (χ1) is 13.0. The number of likely N-dealkylation sites (N-methyl/N-ethyl adjacent to an activating group) is 1. The number of halogens is 2. The fourth-order valence-electron chi connectivity index (χ4n) is 3.44. The Kier molecular flexibility index (Phi) is 5.04. The number of rotatable bonds is 3. The maximum absolute atomic E-state index is 13.1. The van der Waals surface area contributed by atoms with E-state index in [4.69, 9.17) is 32.9 Å². The number of hydrogen-bond donors (Lipinski definition) is 0. The van der Waals surface area contributed by atoms with E-state index in [2.05, 4.69) is 4.90 Å². The number of aromatic nitrogens is 1. The van der Waals surface area contributed by atoms with Crippen molar-refractivity contribution in [1.29, 1.82) is 0 Å². The normalized spacial score (nSPS) is 14.2. The van der Waals surface area contributed by atoms with Crippen molar-refractivity contribution >= 4 is 40.1 Å². The topological polar surface area (TPSA) is 42.4 Å². The first-order valence-electron chi connectivity index (χ1n) is 8.73. The average molecular weight is 401 g/mol. The molecule has 0 amide bonds. The standard InChI is InChI=1S/C21H18Cl2N2O2/c1-25-10-9-19-14(11-25)20(13-5-2-3-8-18(13)24-19)21(26)27-12-15-16(22)6-4-7-17(15)23/h2-8H,9-12H2,1H3. The van der Waals surface area contributed by atoms with Gasteiger partial charge in [-0.2, -0.15) is 0 Å². The van der Waals surface area contributed by atoms with Gasteiger partial charge in [-0.15, -0.1) is 0 Å². The molecular weight excluding hydrogens is 383 g/mol. The second-order valence-corrected chi connectivity index (χ2v) is 7.51. The van der Waals surface area contributed by atoms with E-state index in [1.807, 2.05) is 31.3 Å². The quantitative estimate of drug-likeness (QED) is 0.587. The van der Waals surface area contributed by atoms with E-state index in [0.717, 1.165) is 35.1 Å². The van der Waals surface area contributed by atoms with Crippen molar-refractivity contribution in [1.82, 2.24) is 9.88 Å². The molecule has 2 heterocycles. The van der Waals surface area contributed by atoms with E-state index in [9.17, 15) is 4.79 Å². The summed E-state index contributed by atoms with van der Waals surface area (Å²) in [4.78, 5) is 20.0. The summed E-state index contributed by atoms with van der Waals surface area (Å²) in [6.07, 6.45) is 0.813. The molecular formula is C21H18Cl2N2O2. The zero-order chi connectivity index (χ0) is 19.0. The lowest BCUT2D eigenvalue weighted by Crippen LogP contribution is -2.29. The summed E-state index contributed by atoms with van der Waals surface area (Å²) in [5.41, 5.74) is 3.92. The highest BCUT2D eigenvalue weighted by Crippen LogP contribution is 2.30. The molecule has 1 aliphatic heterocycles. The van der Waals surface area contributed by atoms with Crippen molar-refractivity contribution < 1.29 is 9.53 Å². The minimum atomic E-state index is -0.379. The molecule has 3 aromatic rings. The number of pyridine rings is 1. The first-order valence-corrected chi connectivity index (χ1v) is 9.49. The molecule has 0 N–H and O–H groups in total. The van der Waals surface area contributed by atoms with E-state index in [0.29, 0.717) is 27.7 Å². The Morgan fingerprint density at radius 1 is 1.15 bits per heavy atom. The van der Waals surface area contributed by atoms with E-state index in [1.54, 1.807) is 18.2 Å². The van der Waals surface area contributed by atoms with Crippen LogP contribution in [0.15, 0.2) is 42.5 Å². The molecule has 0 saturated carbocycles. The third-order valence-corrected chi connectivity index (χ3v) is 5.56. The lowest BCUT2D eigenvalue weighted by atomic mass is 9.96. The molecule has 2 aromatic carbocycles. The third kappa shape index (κ3) is 3.53. The molecule has 0 saturated heterocycles. The minimum absolute atomic E-state index is 0.0264. The lowest BCUT2D eigenvalue weighted by Gasteiger charge is -2.26. The third-order valence-electron chi connectivity index (χ3n) is 4.85. The molecule has 138 valence electrons. The number of ether oxygens (including phenoxy) is 1. The van der Waals surface area contributed by atoms with Gasteiger partial charge in [0.1, 0.15) is 6.61 Å². The van der Waals surface area contributed by atoms with Crippen molar-refractivity contribution in [2.45, 2.75) is 19.6 Å². The second kappa shape index (κ2) is 7.47. The minimum Gasteiger partial charge on any atom is -0.457 e. The maximum Gasteiger partial charge on any atom is 0.339 e. The molecule has 0 unspecified atom stereocenters. The first kappa shape index (κ1) is 18.2. The van der Waals surface area contributed by atoms with Gasteiger partial charge in [0.15, 0.2) is 0 Å². The van der Waals surface area contributed by atoms with Crippen LogP contribution in [0.3, 0.4) is 0 Å². The van der Waals surface area contributed by atoms with Gasteiger partial charge in [0.25, 0.3) is 0 Å². The van der Waals surface area contributed by atoms with Gasteiger partial charge in [-0.3, -0.25) is 4.98 Å². The molecule has 0 radical (unpaired) electrons. The van der Waals surface area contributed by atoms with Gasteiger partial charge < -0.3 is 9.64 Å². The van der Waals surface area contributed by atoms with Gasteiger partial charge in [-0.05, 0) is 25.2 Å². The zero-order valence-electron chi connectivity index (χ0n) is 14.8. The summed E-state index contributed by atoms with van der Waals surface area (Å²) < 4.78 is 5.63. The predicted molar refractivity (Wildman–Crippen MR) is 107 cm³/mol. The molecule has 0 spiro atoms. The number of para-hydroxylation sites is 1. The van der Waals surface area contributed by atoms with Crippen molar-refractivity contribution in [2.75, 3.05) is 13.6 Å². The van der Waals surface area contributed by atoms with Crippen LogP contribution in [0.5, 0.6) is 0 Å². The summed E-state index contributed by atoms with van der Waals surface area (Å²) in [6, 6.07) is 12.9. The van der Waals surface area contributed by atoms with Crippen LogP contribution in [0.25, 0.3) is 10.9 Å². The molecule has 4 rings (SSSR count). The van der Waals surface area contributed by atoms with Crippen molar-refractivity contribution in [2.24, 2.45) is 0 Å². The van der Waals surface area contributed by atoms with Gasteiger partial charge in [-0.25, -0.2) is 4.79 Å². The van der Waals surface area contributed by atoms with Crippen LogP contribution in [0.4, 0.5) is 0 Å². The molecule has 0 fully saturated rings. The maximum atomic E-state index is 13.1. The Labute approximate surface area is 167 Å². The summed E-state index contributed by atoms with van der Waals surface area (Å²) >= 11 is 12.4. The fraction of sp³-hybridized carbons (Fsp3) is 0.238. The second-order valence-electron chi connectivity index (χ2n) is 6.69. The van der Waals surface area contributed by atoms with E-state index in [1.165, 1.54) is 0 Å². The number of carbonyl (C=O) groups excluding carboxylic acids is 1. The largest absolute Gasteiger partial charge is 0.457 e.